The van der Waals surface area contributed by atoms with E-state index >= 15 is 0 Å². The highest BCUT2D eigenvalue weighted by molar-refractivity contribution is 6.05. The molecule has 7 nitrogen and oxygen atoms in total. The van der Waals surface area contributed by atoms with E-state index in [4.69, 9.17) is 9.84 Å². The van der Waals surface area contributed by atoms with Gasteiger partial charge in [-0.3, -0.25) is 9.59 Å². The second kappa shape index (κ2) is 8.51. The highest BCUT2D eigenvalue weighted by Crippen LogP contribution is 2.20. The molecule has 0 aliphatic carbocycles. The van der Waals surface area contributed by atoms with Gasteiger partial charge in [0, 0.05) is 24.8 Å². The summed E-state index contributed by atoms with van der Waals surface area (Å²) in [4.78, 5) is 36.9. The van der Waals surface area contributed by atoms with Gasteiger partial charge in [0.05, 0.1) is 11.1 Å². The number of rotatable bonds is 6. The van der Waals surface area contributed by atoms with Gasteiger partial charge >= 0.3 is 5.97 Å². The number of anilines is 1. The van der Waals surface area contributed by atoms with Crippen molar-refractivity contribution in [1.29, 1.82) is 0 Å². The van der Waals surface area contributed by atoms with Crippen molar-refractivity contribution >= 4 is 23.5 Å². The quantitative estimate of drug-likeness (QED) is 0.796. The van der Waals surface area contributed by atoms with Crippen LogP contribution in [0.4, 0.5) is 10.1 Å². The third-order valence-corrected chi connectivity index (χ3v) is 4.37. The average Bonchev–Trinajstić information content (AvgIpc) is 3.21. The van der Waals surface area contributed by atoms with E-state index in [9.17, 15) is 18.8 Å². The molecule has 0 saturated carbocycles. The van der Waals surface area contributed by atoms with E-state index in [1.807, 2.05) is 0 Å². The molecule has 1 aliphatic heterocycles. The Labute approximate surface area is 160 Å². The first-order chi connectivity index (χ1) is 13.4. The van der Waals surface area contributed by atoms with Crippen LogP contribution in [0.1, 0.15) is 33.6 Å². The maximum absolute atomic E-state index is 14.0. The van der Waals surface area contributed by atoms with Crippen LogP contribution in [0.15, 0.2) is 42.5 Å². The molecule has 0 unspecified atom stereocenters. The summed E-state index contributed by atoms with van der Waals surface area (Å²) >= 11 is 0. The highest BCUT2D eigenvalue weighted by Gasteiger charge is 2.18. The second-order valence-corrected chi connectivity index (χ2v) is 6.36. The van der Waals surface area contributed by atoms with Crippen LogP contribution in [0.2, 0.25) is 0 Å². The number of nitrogens with zero attached hydrogens (tertiary/aromatic N) is 1. The molecule has 3 rings (SSSR count). The molecule has 1 fully saturated rings. The molecule has 0 aromatic heterocycles. The van der Waals surface area contributed by atoms with Gasteiger partial charge in [-0.05, 0) is 43.2 Å². The Hall–Kier alpha value is -3.42. The number of carbonyl (C=O) groups excluding carboxylic acids is 2. The maximum atomic E-state index is 14.0. The number of likely N-dealkylation sites (tertiary alicyclic amines) is 1. The van der Waals surface area contributed by atoms with E-state index in [1.165, 1.54) is 6.07 Å². The molecule has 0 bridgehead atoms. The molecule has 2 amide bonds. The van der Waals surface area contributed by atoms with Gasteiger partial charge in [-0.1, -0.05) is 6.07 Å². The lowest BCUT2D eigenvalue weighted by Gasteiger charge is -2.15. The molecule has 1 aliphatic rings. The molecule has 28 heavy (non-hydrogen) atoms. The van der Waals surface area contributed by atoms with Crippen molar-refractivity contribution in [3.05, 3.63) is 59.4 Å². The number of benzene rings is 2. The summed E-state index contributed by atoms with van der Waals surface area (Å²) in [6.45, 7) is 1.39. The summed E-state index contributed by atoms with van der Waals surface area (Å²) in [7, 11) is 0. The number of amides is 2. The van der Waals surface area contributed by atoms with Gasteiger partial charge in [-0.25, -0.2) is 9.18 Å². The molecule has 2 aromatic carbocycles. The first-order valence-corrected chi connectivity index (χ1v) is 8.79. The molecule has 0 radical (unpaired) electrons. The van der Waals surface area contributed by atoms with Crippen molar-refractivity contribution in [3.63, 3.8) is 0 Å². The number of carboxylic acid groups (broad SMARTS) is 1. The Morgan fingerprint density at radius 2 is 1.86 bits per heavy atom. The zero-order chi connectivity index (χ0) is 20.1. The van der Waals surface area contributed by atoms with E-state index in [1.54, 1.807) is 23.1 Å². The van der Waals surface area contributed by atoms with Crippen LogP contribution >= 0.6 is 0 Å². The van der Waals surface area contributed by atoms with Gasteiger partial charge < -0.3 is 20.1 Å². The lowest BCUT2D eigenvalue weighted by atomic mass is 10.1. The fraction of sp³-hybridized carbons (Fsp3) is 0.250. The fourth-order valence-electron chi connectivity index (χ4n) is 2.90. The van der Waals surface area contributed by atoms with E-state index in [0.29, 0.717) is 11.4 Å². The molecular formula is C20H19FN2O5. The molecule has 2 aromatic rings. The molecule has 2 N–H and O–H groups in total. The van der Waals surface area contributed by atoms with E-state index in [0.717, 1.165) is 44.1 Å². The van der Waals surface area contributed by atoms with Crippen LogP contribution in [0.5, 0.6) is 5.75 Å². The summed E-state index contributed by atoms with van der Waals surface area (Å²) in [6.07, 6.45) is 1.99. The lowest BCUT2D eigenvalue weighted by Crippen LogP contribution is -2.32. The van der Waals surface area contributed by atoms with Gasteiger partial charge in [0.25, 0.3) is 11.8 Å². The number of nitrogens with one attached hydrogen (secondary N) is 1. The normalized spacial score (nSPS) is 13.2. The van der Waals surface area contributed by atoms with E-state index < -0.39 is 17.7 Å². The molecule has 146 valence electrons. The number of halogens is 1. The molecule has 0 spiro atoms. The minimum atomic E-state index is -1.28. The Kier molecular flexibility index (Phi) is 5.88. The number of carboxylic acids is 1. The minimum absolute atomic E-state index is 0.0903. The molecular weight excluding hydrogens is 367 g/mol. The van der Waals surface area contributed by atoms with Gasteiger partial charge in [-0.15, -0.1) is 0 Å². The third kappa shape index (κ3) is 4.64. The second-order valence-electron chi connectivity index (χ2n) is 6.36. The van der Waals surface area contributed by atoms with Crippen molar-refractivity contribution in [3.8, 4) is 5.75 Å². The van der Waals surface area contributed by atoms with Gasteiger partial charge in [0.1, 0.15) is 11.6 Å². The standard InChI is InChI=1S/C20H19FN2O5/c21-17-10-13(20(26)27)6-7-16(17)19(25)22-14-4-3-5-15(11-14)28-12-18(24)23-8-1-2-9-23/h3-7,10-11H,1-2,8-9,12H2,(H,22,25)(H,26,27). The number of hydrogen-bond donors (Lipinski definition) is 2. The van der Waals surface area contributed by atoms with Crippen molar-refractivity contribution in [2.75, 3.05) is 25.0 Å². The van der Waals surface area contributed by atoms with Crippen LogP contribution < -0.4 is 10.1 Å². The summed E-state index contributed by atoms with van der Waals surface area (Å²) in [5, 5.41) is 11.4. The summed E-state index contributed by atoms with van der Waals surface area (Å²) in [6, 6.07) is 9.47. The Morgan fingerprint density at radius 1 is 1.11 bits per heavy atom. The number of hydrogen-bond acceptors (Lipinski definition) is 4. The molecule has 8 heteroatoms. The average molecular weight is 386 g/mol. The molecule has 1 saturated heterocycles. The fourth-order valence-corrected chi connectivity index (χ4v) is 2.90. The Balaban J connectivity index is 1.63. The predicted octanol–water partition coefficient (Wildman–Crippen LogP) is 2.78. The van der Waals surface area contributed by atoms with Crippen molar-refractivity contribution < 1.29 is 28.6 Å². The van der Waals surface area contributed by atoms with Gasteiger partial charge in [0.2, 0.25) is 0 Å². The summed E-state index contributed by atoms with van der Waals surface area (Å²) < 4.78 is 19.5. The smallest absolute Gasteiger partial charge is 0.335 e. The zero-order valence-electron chi connectivity index (χ0n) is 15.0. The van der Waals surface area contributed by atoms with Gasteiger partial charge in [-0.2, -0.15) is 0 Å². The van der Waals surface area contributed by atoms with Crippen molar-refractivity contribution in [2.45, 2.75) is 12.8 Å². The monoisotopic (exact) mass is 386 g/mol. The summed E-state index contributed by atoms with van der Waals surface area (Å²) in [5.74, 6) is -2.63. The van der Waals surface area contributed by atoms with Crippen molar-refractivity contribution in [2.24, 2.45) is 0 Å². The van der Waals surface area contributed by atoms with Crippen LogP contribution in [0, 0.1) is 5.82 Å². The third-order valence-electron chi connectivity index (χ3n) is 4.37. The maximum Gasteiger partial charge on any atom is 0.335 e. The molecule has 1 heterocycles. The lowest BCUT2D eigenvalue weighted by molar-refractivity contribution is -0.132. The van der Waals surface area contributed by atoms with Crippen LogP contribution in [-0.2, 0) is 4.79 Å². The first kappa shape index (κ1) is 19.3. The van der Waals surface area contributed by atoms with E-state index in [-0.39, 0.29) is 23.6 Å². The largest absolute Gasteiger partial charge is 0.484 e. The van der Waals surface area contributed by atoms with Crippen LogP contribution in [-0.4, -0.2) is 47.5 Å². The zero-order valence-corrected chi connectivity index (χ0v) is 15.0. The first-order valence-electron chi connectivity index (χ1n) is 8.79. The topological polar surface area (TPSA) is 95.9 Å². The summed E-state index contributed by atoms with van der Waals surface area (Å²) in [5.41, 5.74) is -0.162. The van der Waals surface area contributed by atoms with Crippen LogP contribution in [0.25, 0.3) is 0 Å². The number of aromatic carboxylic acids is 1. The Bertz CT molecular complexity index is 909. The number of ether oxygens (including phenoxy) is 1. The number of carbonyl (C=O) groups is 3. The highest BCUT2D eigenvalue weighted by atomic mass is 19.1. The SMILES string of the molecule is O=C(O)c1ccc(C(=O)Nc2cccc(OCC(=O)N3CCCC3)c2)c(F)c1. The molecule has 0 atom stereocenters. The van der Waals surface area contributed by atoms with Crippen LogP contribution in [0.3, 0.4) is 0 Å². The minimum Gasteiger partial charge on any atom is -0.484 e. The predicted molar refractivity (Wildman–Crippen MR) is 99.1 cm³/mol. The Morgan fingerprint density at radius 3 is 2.54 bits per heavy atom. The van der Waals surface area contributed by atoms with Gasteiger partial charge in [0.15, 0.2) is 6.61 Å². The van der Waals surface area contributed by atoms with Crippen molar-refractivity contribution in [1.82, 2.24) is 4.90 Å². The van der Waals surface area contributed by atoms with E-state index in [2.05, 4.69) is 5.32 Å².